The molecule has 1 aromatic rings. The van der Waals surface area contributed by atoms with Crippen LogP contribution >= 0.6 is 0 Å². The van der Waals surface area contributed by atoms with Gasteiger partial charge in [-0.2, -0.15) is 5.10 Å². The molecule has 4 heteroatoms. The number of nitrogens with one attached hydrogen (secondary N) is 1. The molecule has 110 valence electrons. The van der Waals surface area contributed by atoms with Gasteiger partial charge in [0.1, 0.15) is 0 Å². The fourth-order valence-corrected chi connectivity index (χ4v) is 2.70. The second-order valence-corrected chi connectivity index (χ2v) is 6.16. The fourth-order valence-electron chi connectivity index (χ4n) is 2.70. The highest BCUT2D eigenvalue weighted by Gasteiger charge is 2.20. The molecule has 0 saturated carbocycles. The van der Waals surface area contributed by atoms with Crippen molar-refractivity contribution in [2.45, 2.75) is 40.7 Å². The van der Waals surface area contributed by atoms with E-state index in [1.807, 2.05) is 17.9 Å². The van der Waals surface area contributed by atoms with Gasteiger partial charge >= 0.3 is 0 Å². The molecule has 0 aliphatic rings. The zero-order valence-electron chi connectivity index (χ0n) is 13.3. The lowest BCUT2D eigenvalue weighted by Gasteiger charge is -2.27. The van der Waals surface area contributed by atoms with Crippen molar-refractivity contribution in [2.24, 2.45) is 30.5 Å². The SMILES string of the molecule is Cc1c(C(CN)NCC(C(C)C)C(C)C)cnn1C. The van der Waals surface area contributed by atoms with Crippen LogP contribution in [0.5, 0.6) is 0 Å². The maximum absolute atomic E-state index is 5.92. The van der Waals surface area contributed by atoms with Crippen molar-refractivity contribution in [3.05, 3.63) is 17.5 Å². The zero-order chi connectivity index (χ0) is 14.6. The Morgan fingerprint density at radius 1 is 1.26 bits per heavy atom. The minimum Gasteiger partial charge on any atom is -0.329 e. The van der Waals surface area contributed by atoms with E-state index in [1.165, 1.54) is 11.3 Å². The molecule has 0 fully saturated rings. The average Bonchev–Trinajstić information content (AvgIpc) is 2.65. The van der Waals surface area contributed by atoms with E-state index in [9.17, 15) is 0 Å². The average molecular weight is 266 g/mol. The highest BCUT2D eigenvalue weighted by Crippen LogP contribution is 2.22. The normalized spacial score (nSPS) is 13.8. The van der Waals surface area contributed by atoms with Crippen molar-refractivity contribution in [1.82, 2.24) is 15.1 Å². The molecule has 1 aromatic heterocycles. The first-order valence-electron chi connectivity index (χ1n) is 7.30. The Balaban J connectivity index is 2.70. The molecule has 4 nitrogen and oxygen atoms in total. The van der Waals surface area contributed by atoms with Crippen LogP contribution < -0.4 is 11.1 Å². The maximum atomic E-state index is 5.92. The van der Waals surface area contributed by atoms with E-state index in [-0.39, 0.29) is 6.04 Å². The maximum Gasteiger partial charge on any atom is 0.0540 e. The molecule has 0 aliphatic heterocycles. The molecule has 1 unspecified atom stereocenters. The van der Waals surface area contributed by atoms with Crippen molar-refractivity contribution in [2.75, 3.05) is 13.1 Å². The van der Waals surface area contributed by atoms with Crippen molar-refractivity contribution in [3.63, 3.8) is 0 Å². The summed E-state index contributed by atoms with van der Waals surface area (Å²) < 4.78 is 1.90. The van der Waals surface area contributed by atoms with Crippen molar-refractivity contribution < 1.29 is 0 Å². The number of aromatic nitrogens is 2. The Bertz CT molecular complexity index is 373. The van der Waals surface area contributed by atoms with E-state index in [4.69, 9.17) is 5.73 Å². The van der Waals surface area contributed by atoms with E-state index < -0.39 is 0 Å². The first-order valence-corrected chi connectivity index (χ1v) is 7.30. The molecule has 1 rings (SSSR count). The quantitative estimate of drug-likeness (QED) is 0.796. The van der Waals surface area contributed by atoms with Crippen molar-refractivity contribution in [1.29, 1.82) is 0 Å². The fraction of sp³-hybridized carbons (Fsp3) is 0.800. The summed E-state index contributed by atoms with van der Waals surface area (Å²) in [5, 5.41) is 7.93. The van der Waals surface area contributed by atoms with Crippen LogP contribution in [-0.4, -0.2) is 22.9 Å². The van der Waals surface area contributed by atoms with Crippen LogP contribution in [0.4, 0.5) is 0 Å². The Kier molecular flexibility index (Phi) is 6.01. The van der Waals surface area contributed by atoms with Gasteiger partial charge < -0.3 is 11.1 Å². The summed E-state index contributed by atoms with van der Waals surface area (Å²) in [4.78, 5) is 0. The van der Waals surface area contributed by atoms with Gasteiger partial charge in [0.2, 0.25) is 0 Å². The van der Waals surface area contributed by atoms with Gasteiger partial charge in [0.05, 0.1) is 6.20 Å². The van der Waals surface area contributed by atoms with Gasteiger partial charge in [-0.1, -0.05) is 27.7 Å². The summed E-state index contributed by atoms with van der Waals surface area (Å²) in [6.07, 6.45) is 1.93. The van der Waals surface area contributed by atoms with E-state index in [0.717, 1.165) is 6.54 Å². The first kappa shape index (κ1) is 16.2. The summed E-state index contributed by atoms with van der Waals surface area (Å²) in [5.74, 6) is 2.04. The van der Waals surface area contributed by atoms with E-state index >= 15 is 0 Å². The minimum atomic E-state index is 0.202. The third kappa shape index (κ3) is 4.05. The molecule has 19 heavy (non-hydrogen) atoms. The number of hydrogen-bond acceptors (Lipinski definition) is 3. The predicted octanol–water partition coefficient (Wildman–Crippen LogP) is 2.25. The Morgan fingerprint density at radius 2 is 1.84 bits per heavy atom. The predicted molar refractivity (Wildman–Crippen MR) is 80.9 cm³/mol. The van der Waals surface area contributed by atoms with Gasteiger partial charge in [-0.05, 0) is 31.2 Å². The molecule has 0 saturated heterocycles. The topological polar surface area (TPSA) is 55.9 Å². The van der Waals surface area contributed by atoms with Crippen LogP contribution in [0.3, 0.4) is 0 Å². The van der Waals surface area contributed by atoms with Crippen LogP contribution in [0.2, 0.25) is 0 Å². The molecular formula is C15H30N4. The van der Waals surface area contributed by atoms with Gasteiger partial charge in [0, 0.05) is 30.9 Å². The Morgan fingerprint density at radius 3 is 2.21 bits per heavy atom. The monoisotopic (exact) mass is 266 g/mol. The summed E-state index contributed by atoms with van der Waals surface area (Å²) in [5.41, 5.74) is 8.33. The van der Waals surface area contributed by atoms with Crippen LogP contribution in [0.1, 0.15) is 45.0 Å². The van der Waals surface area contributed by atoms with Gasteiger partial charge in [-0.25, -0.2) is 0 Å². The Labute approximate surface area is 117 Å². The summed E-state index contributed by atoms with van der Waals surface area (Å²) in [6.45, 7) is 12.9. The molecule has 3 N–H and O–H groups in total. The molecule has 0 radical (unpaired) electrons. The highest BCUT2D eigenvalue weighted by atomic mass is 15.3. The second kappa shape index (κ2) is 7.06. The third-order valence-electron chi connectivity index (χ3n) is 4.20. The van der Waals surface area contributed by atoms with E-state index in [1.54, 1.807) is 0 Å². The lowest BCUT2D eigenvalue weighted by atomic mass is 9.85. The molecule has 0 aromatic carbocycles. The first-order chi connectivity index (χ1) is 8.88. The Hall–Kier alpha value is -0.870. The van der Waals surface area contributed by atoms with Crippen LogP contribution in [-0.2, 0) is 7.05 Å². The van der Waals surface area contributed by atoms with E-state index in [0.29, 0.717) is 24.3 Å². The molecular weight excluding hydrogens is 236 g/mol. The molecule has 0 bridgehead atoms. The standard InChI is InChI=1S/C15H30N4/c1-10(2)13(11(3)4)8-17-15(7-16)14-9-18-19(6)12(14)5/h9-11,13,15,17H,7-8,16H2,1-6H3. The second-order valence-electron chi connectivity index (χ2n) is 6.16. The number of rotatable bonds is 7. The number of aryl methyl sites for hydroxylation is 1. The largest absolute Gasteiger partial charge is 0.329 e. The molecule has 1 atom stereocenters. The third-order valence-corrected chi connectivity index (χ3v) is 4.20. The lowest BCUT2D eigenvalue weighted by Crippen LogP contribution is -2.35. The van der Waals surface area contributed by atoms with Gasteiger partial charge in [-0.3, -0.25) is 4.68 Å². The van der Waals surface area contributed by atoms with Crippen molar-refractivity contribution in [3.8, 4) is 0 Å². The smallest absolute Gasteiger partial charge is 0.0540 e. The van der Waals surface area contributed by atoms with Gasteiger partial charge in [-0.15, -0.1) is 0 Å². The minimum absolute atomic E-state index is 0.202. The highest BCUT2D eigenvalue weighted by molar-refractivity contribution is 5.20. The van der Waals surface area contributed by atoms with Crippen LogP contribution in [0.15, 0.2) is 6.20 Å². The molecule has 1 heterocycles. The molecule has 0 aliphatic carbocycles. The summed E-state index contributed by atoms with van der Waals surface area (Å²) >= 11 is 0. The summed E-state index contributed by atoms with van der Waals surface area (Å²) in [6, 6.07) is 0.202. The number of nitrogens with two attached hydrogens (primary N) is 1. The van der Waals surface area contributed by atoms with Crippen LogP contribution in [0.25, 0.3) is 0 Å². The van der Waals surface area contributed by atoms with Gasteiger partial charge in [0.25, 0.3) is 0 Å². The van der Waals surface area contributed by atoms with Crippen molar-refractivity contribution >= 4 is 0 Å². The summed E-state index contributed by atoms with van der Waals surface area (Å²) in [7, 11) is 1.97. The molecule has 0 spiro atoms. The van der Waals surface area contributed by atoms with Crippen LogP contribution in [0, 0.1) is 24.7 Å². The lowest BCUT2D eigenvalue weighted by molar-refractivity contribution is 0.266. The zero-order valence-corrected chi connectivity index (χ0v) is 13.3. The van der Waals surface area contributed by atoms with E-state index in [2.05, 4.69) is 45.0 Å². The van der Waals surface area contributed by atoms with Gasteiger partial charge in [0.15, 0.2) is 0 Å². The number of hydrogen-bond donors (Lipinski definition) is 2. The number of nitrogens with zero attached hydrogens (tertiary/aromatic N) is 2. The molecule has 0 amide bonds.